The Balaban J connectivity index is 1.80. The summed E-state index contributed by atoms with van der Waals surface area (Å²) in [6.07, 6.45) is 5.37. The summed E-state index contributed by atoms with van der Waals surface area (Å²) in [6, 6.07) is 0.690. The minimum atomic E-state index is 0.526. The molecular weight excluding hydrogens is 204 g/mol. The maximum absolute atomic E-state index is 4.29. The molecular formula is C12H20N2S. The van der Waals surface area contributed by atoms with Crippen LogP contribution in [0.4, 0.5) is 0 Å². The van der Waals surface area contributed by atoms with Gasteiger partial charge in [-0.2, -0.15) is 0 Å². The van der Waals surface area contributed by atoms with Crippen LogP contribution in [-0.2, 0) is 6.54 Å². The molecule has 1 aliphatic carbocycles. The number of hydrogen-bond acceptors (Lipinski definition) is 3. The predicted molar refractivity (Wildman–Crippen MR) is 65.0 cm³/mol. The van der Waals surface area contributed by atoms with Gasteiger partial charge in [0.05, 0.1) is 11.2 Å². The van der Waals surface area contributed by atoms with Gasteiger partial charge in [-0.1, -0.05) is 20.3 Å². The van der Waals surface area contributed by atoms with Crippen molar-refractivity contribution >= 4 is 11.3 Å². The Hall–Kier alpha value is -0.410. The quantitative estimate of drug-likeness (QED) is 0.853. The highest BCUT2D eigenvalue weighted by Crippen LogP contribution is 2.35. The molecule has 15 heavy (non-hydrogen) atoms. The van der Waals surface area contributed by atoms with Gasteiger partial charge in [-0.15, -0.1) is 11.3 Å². The summed E-state index contributed by atoms with van der Waals surface area (Å²) >= 11 is 1.67. The van der Waals surface area contributed by atoms with E-state index in [0.29, 0.717) is 11.5 Å². The van der Waals surface area contributed by atoms with Crippen molar-refractivity contribution in [2.45, 2.75) is 52.1 Å². The van der Waals surface area contributed by atoms with Gasteiger partial charge in [0, 0.05) is 18.0 Å². The van der Waals surface area contributed by atoms with Crippen LogP contribution < -0.4 is 5.32 Å². The molecule has 1 fully saturated rings. The second kappa shape index (κ2) is 4.62. The Morgan fingerprint density at radius 1 is 1.60 bits per heavy atom. The standard InChI is InChI=1S/C12H20N2S/c1-12(2)5-3-4-10(6-12)13-7-11-8-15-9-14-11/h8-10,13H,3-7H2,1-2H3. The fourth-order valence-electron chi connectivity index (χ4n) is 2.45. The number of aromatic nitrogens is 1. The molecule has 0 amide bonds. The zero-order chi connectivity index (χ0) is 10.7. The van der Waals surface area contributed by atoms with Gasteiger partial charge in [-0.3, -0.25) is 0 Å². The van der Waals surface area contributed by atoms with Gasteiger partial charge in [0.2, 0.25) is 0 Å². The van der Waals surface area contributed by atoms with Crippen LogP contribution in [0.2, 0.25) is 0 Å². The van der Waals surface area contributed by atoms with Gasteiger partial charge in [0.15, 0.2) is 0 Å². The fraction of sp³-hybridized carbons (Fsp3) is 0.750. The fourth-order valence-corrected chi connectivity index (χ4v) is 3.00. The molecule has 0 radical (unpaired) electrons. The van der Waals surface area contributed by atoms with Gasteiger partial charge >= 0.3 is 0 Å². The largest absolute Gasteiger partial charge is 0.308 e. The average Bonchev–Trinajstić information content (AvgIpc) is 2.65. The Morgan fingerprint density at radius 2 is 2.47 bits per heavy atom. The second-order valence-electron chi connectivity index (χ2n) is 5.32. The molecule has 2 nitrogen and oxygen atoms in total. The van der Waals surface area contributed by atoms with Crippen LogP contribution in [0.1, 0.15) is 45.2 Å². The molecule has 0 saturated heterocycles. The Bertz CT molecular complexity index is 293. The third-order valence-electron chi connectivity index (χ3n) is 3.26. The van der Waals surface area contributed by atoms with E-state index < -0.39 is 0 Å². The van der Waals surface area contributed by atoms with E-state index >= 15 is 0 Å². The maximum Gasteiger partial charge on any atom is 0.0795 e. The first kappa shape index (κ1) is 11.1. The van der Waals surface area contributed by atoms with Crippen molar-refractivity contribution in [2.24, 2.45) is 5.41 Å². The van der Waals surface area contributed by atoms with Crippen molar-refractivity contribution in [3.05, 3.63) is 16.6 Å². The number of rotatable bonds is 3. The Labute approximate surface area is 96.1 Å². The van der Waals surface area contributed by atoms with Crippen molar-refractivity contribution in [3.8, 4) is 0 Å². The van der Waals surface area contributed by atoms with Crippen molar-refractivity contribution in [1.82, 2.24) is 10.3 Å². The third kappa shape index (κ3) is 3.28. The SMILES string of the molecule is CC1(C)CCCC(NCc2cscn2)C1. The van der Waals surface area contributed by atoms with Crippen LogP contribution in [-0.4, -0.2) is 11.0 Å². The molecule has 0 bridgehead atoms. The zero-order valence-corrected chi connectivity index (χ0v) is 10.4. The molecule has 0 spiro atoms. The molecule has 1 aromatic heterocycles. The highest BCUT2D eigenvalue weighted by atomic mass is 32.1. The van der Waals surface area contributed by atoms with Crippen molar-refractivity contribution in [2.75, 3.05) is 0 Å². The molecule has 2 rings (SSSR count). The summed E-state index contributed by atoms with van der Waals surface area (Å²) < 4.78 is 0. The molecule has 1 saturated carbocycles. The molecule has 1 heterocycles. The minimum absolute atomic E-state index is 0.526. The summed E-state index contributed by atoms with van der Waals surface area (Å²) in [5, 5.41) is 5.75. The summed E-state index contributed by atoms with van der Waals surface area (Å²) in [4.78, 5) is 4.29. The molecule has 1 atom stereocenters. The van der Waals surface area contributed by atoms with E-state index in [1.54, 1.807) is 11.3 Å². The van der Waals surface area contributed by atoms with Crippen LogP contribution >= 0.6 is 11.3 Å². The van der Waals surface area contributed by atoms with Crippen molar-refractivity contribution < 1.29 is 0 Å². The predicted octanol–water partition coefficient (Wildman–Crippen LogP) is 3.20. The summed E-state index contributed by atoms with van der Waals surface area (Å²) in [5.41, 5.74) is 3.61. The van der Waals surface area contributed by atoms with Crippen LogP contribution in [0.3, 0.4) is 0 Å². The summed E-state index contributed by atoms with van der Waals surface area (Å²) in [7, 11) is 0. The lowest BCUT2D eigenvalue weighted by Crippen LogP contribution is -2.36. The van der Waals surface area contributed by atoms with Crippen molar-refractivity contribution in [3.63, 3.8) is 0 Å². The van der Waals surface area contributed by atoms with E-state index in [1.807, 2.05) is 5.51 Å². The van der Waals surface area contributed by atoms with E-state index in [2.05, 4.69) is 29.5 Å². The van der Waals surface area contributed by atoms with Crippen LogP contribution in [0.15, 0.2) is 10.9 Å². The molecule has 0 aliphatic heterocycles. The van der Waals surface area contributed by atoms with Crippen LogP contribution in [0, 0.1) is 5.41 Å². The second-order valence-corrected chi connectivity index (χ2v) is 6.04. The molecule has 1 aromatic rings. The lowest BCUT2D eigenvalue weighted by Gasteiger charge is -2.35. The van der Waals surface area contributed by atoms with Crippen molar-refractivity contribution in [1.29, 1.82) is 0 Å². The molecule has 3 heteroatoms. The number of hydrogen-bond donors (Lipinski definition) is 1. The summed E-state index contributed by atoms with van der Waals surface area (Å²) in [5.74, 6) is 0. The first-order valence-corrected chi connectivity index (χ1v) is 6.70. The van der Waals surface area contributed by atoms with Crippen LogP contribution in [0.5, 0.6) is 0 Å². The van der Waals surface area contributed by atoms with Gasteiger partial charge < -0.3 is 5.32 Å². The first-order valence-electron chi connectivity index (χ1n) is 5.76. The highest BCUT2D eigenvalue weighted by Gasteiger charge is 2.27. The van der Waals surface area contributed by atoms with Gasteiger partial charge in [-0.05, 0) is 24.7 Å². The smallest absolute Gasteiger partial charge is 0.0795 e. The Morgan fingerprint density at radius 3 is 3.13 bits per heavy atom. The van der Waals surface area contributed by atoms with E-state index in [0.717, 1.165) is 6.54 Å². The van der Waals surface area contributed by atoms with E-state index in [4.69, 9.17) is 0 Å². The molecule has 1 aliphatic rings. The minimum Gasteiger partial charge on any atom is -0.308 e. The lowest BCUT2D eigenvalue weighted by molar-refractivity contribution is 0.197. The number of thiazole rings is 1. The number of nitrogens with zero attached hydrogens (tertiary/aromatic N) is 1. The molecule has 1 unspecified atom stereocenters. The maximum atomic E-state index is 4.29. The van der Waals surface area contributed by atoms with E-state index in [9.17, 15) is 0 Å². The Kier molecular flexibility index (Phi) is 3.42. The lowest BCUT2D eigenvalue weighted by atomic mass is 9.75. The average molecular weight is 224 g/mol. The first-order chi connectivity index (χ1) is 7.16. The van der Waals surface area contributed by atoms with Gasteiger partial charge in [-0.25, -0.2) is 4.98 Å². The topological polar surface area (TPSA) is 24.9 Å². The monoisotopic (exact) mass is 224 g/mol. The zero-order valence-electron chi connectivity index (χ0n) is 9.62. The van der Waals surface area contributed by atoms with Gasteiger partial charge in [0.25, 0.3) is 0 Å². The molecule has 84 valence electrons. The third-order valence-corrected chi connectivity index (χ3v) is 3.90. The van der Waals surface area contributed by atoms with Gasteiger partial charge in [0.1, 0.15) is 0 Å². The highest BCUT2D eigenvalue weighted by molar-refractivity contribution is 7.07. The van der Waals surface area contributed by atoms with E-state index in [1.165, 1.54) is 31.4 Å². The molecule has 1 N–H and O–H groups in total. The molecule has 0 aromatic carbocycles. The summed E-state index contributed by atoms with van der Waals surface area (Å²) in [6.45, 7) is 5.69. The van der Waals surface area contributed by atoms with Crippen LogP contribution in [0.25, 0.3) is 0 Å². The normalized spacial score (nSPS) is 25.3. The van der Waals surface area contributed by atoms with E-state index in [-0.39, 0.29) is 0 Å². The number of nitrogens with one attached hydrogen (secondary N) is 1.